The van der Waals surface area contributed by atoms with E-state index < -0.39 is 25.7 Å². The standard InChI is InChI=1S/C14H17ClFNO3S/c1-13(2)12(14(13,3)4)17-11(18)8-5-9(16)7-10(6-8)21(15,19)20/h5-7,12H,1-4H3,(H,17,18). The van der Waals surface area contributed by atoms with Crippen molar-refractivity contribution in [2.45, 2.75) is 38.6 Å². The van der Waals surface area contributed by atoms with Crippen LogP contribution >= 0.6 is 10.7 Å². The summed E-state index contributed by atoms with van der Waals surface area (Å²) in [6, 6.07) is 2.79. The molecule has 0 saturated heterocycles. The van der Waals surface area contributed by atoms with E-state index in [0.29, 0.717) is 0 Å². The van der Waals surface area contributed by atoms with Crippen molar-refractivity contribution in [3.8, 4) is 0 Å². The van der Waals surface area contributed by atoms with Crippen molar-refractivity contribution in [2.75, 3.05) is 0 Å². The van der Waals surface area contributed by atoms with Crippen molar-refractivity contribution < 1.29 is 17.6 Å². The summed E-state index contributed by atoms with van der Waals surface area (Å²) in [6.07, 6.45) is 0. The number of hydrogen-bond donors (Lipinski definition) is 1. The topological polar surface area (TPSA) is 63.2 Å². The normalized spacial score (nSPS) is 20.1. The van der Waals surface area contributed by atoms with Crippen LogP contribution in [0.5, 0.6) is 0 Å². The fourth-order valence-corrected chi connectivity index (χ4v) is 3.39. The molecule has 21 heavy (non-hydrogen) atoms. The molecule has 0 unspecified atom stereocenters. The minimum atomic E-state index is -4.09. The zero-order valence-electron chi connectivity index (χ0n) is 12.2. The molecule has 4 nitrogen and oxygen atoms in total. The van der Waals surface area contributed by atoms with Crippen molar-refractivity contribution >= 4 is 25.6 Å². The third-order valence-electron chi connectivity index (χ3n) is 4.71. The summed E-state index contributed by atoms with van der Waals surface area (Å²) in [5.41, 5.74) is -0.206. The number of carbonyl (C=O) groups is 1. The van der Waals surface area contributed by atoms with Crippen molar-refractivity contribution in [1.29, 1.82) is 0 Å². The zero-order chi connectivity index (χ0) is 16.2. The van der Waals surface area contributed by atoms with Crippen LogP contribution in [-0.2, 0) is 9.05 Å². The Kier molecular flexibility index (Phi) is 3.62. The van der Waals surface area contributed by atoms with E-state index in [1.165, 1.54) is 0 Å². The Hall–Kier alpha value is -1.14. The van der Waals surface area contributed by atoms with Gasteiger partial charge >= 0.3 is 0 Å². The second-order valence-corrected chi connectivity index (χ2v) is 9.03. The maximum atomic E-state index is 13.5. The van der Waals surface area contributed by atoms with Crippen molar-refractivity contribution in [3.05, 3.63) is 29.6 Å². The minimum Gasteiger partial charge on any atom is -0.348 e. The lowest BCUT2D eigenvalue weighted by molar-refractivity contribution is 0.0943. The molecule has 0 spiro atoms. The molecule has 1 amide bonds. The molecule has 1 N–H and O–H groups in total. The van der Waals surface area contributed by atoms with Crippen molar-refractivity contribution in [2.24, 2.45) is 10.8 Å². The van der Waals surface area contributed by atoms with E-state index in [9.17, 15) is 17.6 Å². The molecular weight excluding hydrogens is 317 g/mol. The van der Waals surface area contributed by atoms with E-state index in [0.717, 1.165) is 18.2 Å². The first kappa shape index (κ1) is 16.2. The lowest BCUT2D eigenvalue weighted by atomic mass is 10.0. The third-order valence-corrected chi connectivity index (χ3v) is 6.04. The first-order chi connectivity index (χ1) is 9.37. The van der Waals surface area contributed by atoms with Crippen LogP contribution in [0, 0.1) is 16.6 Å². The Morgan fingerprint density at radius 3 is 2.14 bits per heavy atom. The predicted molar refractivity (Wildman–Crippen MR) is 78.3 cm³/mol. The Morgan fingerprint density at radius 1 is 1.19 bits per heavy atom. The number of amides is 1. The molecule has 0 atom stereocenters. The molecule has 0 aliphatic heterocycles. The molecule has 1 fully saturated rings. The van der Waals surface area contributed by atoms with Gasteiger partial charge in [-0.3, -0.25) is 4.79 Å². The lowest BCUT2D eigenvalue weighted by Gasteiger charge is -2.08. The fourth-order valence-electron chi connectivity index (χ4n) is 2.61. The van der Waals surface area contributed by atoms with Gasteiger partial charge in [-0.1, -0.05) is 27.7 Å². The summed E-state index contributed by atoms with van der Waals surface area (Å²) < 4.78 is 36.0. The molecule has 1 aliphatic rings. The van der Waals surface area contributed by atoms with Crippen LogP contribution < -0.4 is 5.32 Å². The Labute approximate surface area is 128 Å². The Bertz CT molecular complexity index is 699. The minimum absolute atomic E-state index is 0.0585. The molecule has 1 aromatic rings. The number of carbonyl (C=O) groups excluding carboxylic acids is 1. The molecule has 116 valence electrons. The van der Waals surface area contributed by atoms with Gasteiger partial charge in [-0.2, -0.15) is 0 Å². The molecule has 2 rings (SSSR count). The number of halogens is 2. The monoisotopic (exact) mass is 333 g/mol. The Balaban J connectivity index is 2.28. The van der Waals surface area contributed by atoms with Gasteiger partial charge in [0.2, 0.25) is 0 Å². The summed E-state index contributed by atoms with van der Waals surface area (Å²) in [7, 11) is 1.10. The summed E-state index contributed by atoms with van der Waals surface area (Å²) in [5, 5.41) is 2.81. The van der Waals surface area contributed by atoms with Gasteiger partial charge in [-0.15, -0.1) is 0 Å². The van der Waals surface area contributed by atoms with Gasteiger partial charge in [0.25, 0.3) is 15.0 Å². The van der Waals surface area contributed by atoms with Gasteiger partial charge in [-0.25, -0.2) is 12.8 Å². The molecular formula is C14H17ClFNO3S. The lowest BCUT2D eigenvalue weighted by Crippen LogP contribution is -2.30. The molecule has 1 aliphatic carbocycles. The molecule has 7 heteroatoms. The van der Waals surface area contributed by atoms with Gasteiger partial charge in [0.15, 0.2) is 0 Å². The maximum absolute atomic E-state index is 13.5. The average Bonchev–Trinajstić information content (AvgIpc) is 2.69. The van der Waals surface area contributed by atoms with Crippen LogP contribution in [-0.4, -0.2) is 20.4 Å². The molecule has 0 radical (unpaired) electrons. The van der Waals surface area contributed by atoms with Gasteiger partial charge in [0, 0.05) is 22.3 Å². The highest BCUT2D eigenvalue weighted by molar-refractivity contribution is 8.13. The fraction of sp³-hybridized carbons (Fsp3) is 0.500. The quantitative estimate of drug-likeness (QED) is 0.865. The summed E-state index contributed by atoms with van der Waals surface area (Å²) in [4.78, 5) is 11.8. The van der Waals surface area contributed by atoms with Crippen molar-refractivity contribution in [1.82, 2.24) is 5.32 Å². The second-order valence-electron chi connectivity index (χ2n) is 6.46. The summed E-state index contributed by atoms with van der Waals surface area (Å²) in [5.74, 6) is -1.34. The number of rotatable bonds is 3. The molecule has 0 bridgehead atoms. The highest BCUT2D eigenvalue weighted by atomic mass is 35.7. The summed E-state index contributed by atoms with van der Waals surface area (Å²) >= 11 is 0. The van der Waals surface area contributed by atoms with Crippen molar-refractivity contribution in [3.63, 3.8) is 0 Å². The van der Waals surface area contributed by atoms with E-state index in [-0.39, 0.29) is 22.4 Å². The first-order valence-corrected chi connectivity index (χ1v) is 8.74. The van der Waals surface area contributed by atoms with Crippen LogP contribution in [0.3, 0.4) is 0 Å². The van der Waals surface area contributed by atoms with E-state index in [1.807, 2.05) is 27.7 Å². The highest BCUT2D eigenvalue weighted by Crippen LogP contribution is 2.62. The third kappa shape index (κ3) is 2.79. The Morgan fingerprint density at radius 2 is 1.71 bits per heavy atom. The number of hydrogen-bond acceptors (Lipinski definition) is 3. The predicted octanol–water partition coefficient (Wildman–Crippen LogP) is 2.92. The average molecular weight is 334 g/mol. The molecule has 1 aromatic carbocycles. The van der Waals surface area contributed by atoms with Crippen LogP contribution in [0.25, 0.3) is 0 Å². The molecule has 0 aromatic heterocycles. The maximum Gasteiger partial charge on any atom is 0.261 e. The van der Waals surface area contributed by atoms with E-state index >= 15 is 0 Å². The van der Waals surface area contributed by atoms with Gasteiger partial charge in [0.1, 0.15) is 5.82 Å². The first-order valence-electron chi connectivity index (χ1n) is 6.43. The van der Waals surface area contributed by atoms with Gasteiger partial charge < -0.3 is 5.32 Å². The van der Waals surface area contributed by atoms with Crippen LogP contribution in [0.4, 0.5) is 4.39 Å². The molecule has 0 heterocycles. The van der Waals surface area contributed by atoms with Gasteiger partial charge in [0.05, 0.1) is 4.90 Å². The van der Waals surface area contributed by atoms with Crippen LogP contribution in [0.15, 0.2) is 23.1 Å². The number of benzene rings is 1. The zero-order valence-corrected chi connectivity index (χ0v) is 13.8. The SMILES string of the molecule is CC1(C)C(NC(=O)c2cc(F)cc(S(=O)(=O)Cl)c2)C1(C)C. The van der Waals surface area contributed by atoms with Crippen LogP contribution in [0.2, 0.25) is 0 Å². The van der Waals surface area contributed by atoms with E-state index in [1.54, 1.807) is 0 Å². The number of nitrogens with one attached hydrogen (secondary N) is 1. The molecule has 1 saturated carbocycles. The smallest absolute Gasteiger partial charge is 0.261 e. The van der Waals surface area contributed by atoms with Gasteiger partial charge in [-0.05, 0) is 29.0 Å². The highest BCUT2D eigenvalue weighted by Gasteiger charge is 2.65. The second kappa shape index (κ2) is 4.68. The summed E-state index contributed by atoms with van der Waals surface area (Å²) in [6.45, 7) is 8.10. The largest absolute Gasteiger partial charge is 0.348 e. The van der Waals surface area contributed by atoms with Crippen LogP contribution in [0.1, 0.15) is 38.1 Å². The van der Waals surface area contributed by atoms with E-state index in [4.69, 9.17) is 10.7 Å². The van der Waals surface area contributed by atoms with E-state index in [2.05, 4.69) is 5.32 Å².